The van der Waals surface area contributed by atoms with Gasteiger partial charge in [0.25, 0.3) is 0 Å². The number of hydrogen-bond donors (Lipinski definition) is 1. The zero-order valence-corrected chi connectivity index (χ0v) is 16.8. The Morgan fingerprint density at radius 1 is 1.26 bits per heavy atom. The van der Waals surface area contributed by atoms with Crippen LogP contribution >= 0.6 is 11.6 Å². The van der Waals surface area contributed by atoms with Crippen molar-refractivity contribution in [3.05, 3.63) is 28.8 Å². The van der Waals surface area contributed by atoms with Gasteiger partial charge in [0.2, 0.25) is 5.91 Å². The van der Waals surface area contributed by atoms with Gasteiger partial charge < -0.3 is 15.0 Å². The summed E-state index contributed by atoms with van der Waals surface area (Å²) in [6.45, 7) is 9.52. The first kappa shape index (κ1) is 21.0. The number of nitrogens with one attached hydrogen (secondary N) is 1. The van der Waals surface area contributed by atoms with Crippen molar-refractivity contribution in [2.75, 3.05) is 31.5 Å². The lowest BCUT2D eigenvalue weighted by atomic mass is 10.2. The lowest BCUT2D eigenvalue weighted by Crippen LogP contribution is -2.54. The molecule has 7 nitrogen and oxygen atoms in total. The highest BCUT2D eigenvalue weighted by atomic mass is 35.5. The van der Waals surface area contributed by atoms with Gasteiger partial charge in [-0.2, -0.15) is 5.26 Å². The zero-order chi connectivity index (χ0) is 20.2. The summed E-state index contributed by atoms with van der Waals surface area (Å²) in [4.78, 5) is 28.3. The fourth-order valence-corrected chi connectivity index (χ4v) is 2.94. The number of amides is 2. The van der Waals surface area contributed by atoms with Crippen LogP contribution in [0.1, 0.15) is 33.3 Å². The Morgan fingerprint density at radius 2 is 1.89 bits per heavy atom. The van der Waals surface area contributed by atoms with E-state index in [1.165, 1.54) is 0 Å². The van der Waals surface area contributed by atoms with E-state index in [0.29, 0.717) is 42.5 Å². The third kappa shape index (κ3) is 5.84. The fraction of sp³-hybridized carbons (Fsp3) is 0.526. The summed E-state index contributed by atoms with van der Waals surface area (Å²) in [7, 11) is 0. The summed E-state index contributed by atoms with van der Waals surface area (Å²) in [5, 5.41) is 12.0. The number of rotatable bonds is 3. The van der Waals surface area contributed by atoms with Gasteiger partial charge in [0, 0.05) is 31.9 Å². The summed E-state index contributed by atoms with van der Waals surface area (Å²) >= 11 is 6.00. The Kier molecular flexibility index (Phi) is 6.68. The normalized spacial score (nSPS) is 16.4. The first-order chi connectivity index (χ1) is 12.6. The molecule has 1 atom stereocenters. The van der Waals surface area contributed by atoms with Crippen molar-refractivity contribution in [3.8, 4) is 6.07 Å². The number of piperazine rings is 1. The molecule has 1 aromatic carbocycles. The summed E-state index contributed by atoms with van der Waals surface area (Å²) in [5.41, 5.74) is 0.383. The molecule has 1 unspecified atom stereocenters. The van der Waals surface area contributed by atoms with Crippen LogP contribution in [0, 0.1) is 11.3 Å². The molecule has 27 heavy (non-hydrogen) atoms. The van der Waals surface area contributed by atoms with E-state index in [-0.39, 0.29) is 18.0 Å². The molecule has 0 bridgehead atoms. The van der Waals surface area contributed by atoms with Crippen LogP contribution in [0.2, 0.25) is 5.02 Å². The summed E-state index contributed by atoms with van der Waals surface area (Å²) in [6.07, 6.45) is -0.327. The van der Waals surface area contributed by atoms with Crippen molar-refractivity contribution in [1.82, 2.24) is 9.80 Å². The second kappa shape index (κ2) is 8.59. The number of hydrogen-bond acceptors (Lipinski definition) is 5. The van der Waals surface area contributed by atoms with Crippen LogP contribution in [0.5, 0.6) is 0 Å². The maximum Gasteiger partial charge on any atom is 0.410 e. The van der Waals surface area contributed by atoms with E-state index in [4.69, 9.17) is 21.6 Å². The molecule has 1 fully saturated rings. The van der Waals surface area contributed by atoms with Gasteiger partial charge in [-0.15, -0.1) is 0 Å². The number of nitriles is 1. The Hall–Kier alpha value is -2.30. The summed E-state index contributed by atoms with van der Waals surface area (Å²) < 4.78 is 5.38. The SMILES string of the molecule is CC(C(=O)Nc1ccc(C#N)c(Cl)c1)N1CCN(C(=O)OC(C)(C)C)CC1. The largest absolute Gasteiger partial charge is 0.444 e. The van der Waals surface area contributed by atoms with Gasteiger partial charge in [0.1, 0.15) is 11.7 Å². The van der Waals surface area contributed by atoms with Crippen molar-refractivity contribution in [1.29, 1.82) is 5.26 Å². The van der Waals surface area contributed by atoms with E-state index in [2.05, 4.69) is 5.32 Å². The van der Waals surface area contributed by atoms with E-state index < -0.39 is 5.60 Å². The molecule has 0 spiro atoms. The minimum Gasteiger partial charge on any atom is -0.444 e. The molecular formula is C19H25ClN4O3. The number of anilines is 1. The number of halogens is 1. The molecule has 1 N–H and O–H groups in total. The number of ether oxygens (including phenoxy) is 1. The van der Waals surface area contributed by atoms with Crippen molar-refractivity contribution >= 4 is 29.3 Å². The Morgan fingerprint density at radius 3 is 2.41 bits per heavy atom. The quantitative estimate of drug-likeness (QED) is 0.854. The zero-order valence-electron chi connectivity index (χ0n) is 16.1. The molecule has 1 saturated heterocycles. The average molecular weight is 393 g/mol. The maximum absolute atomic E-state index is 12.5. The topological polar surface area (TPSA) is 85.7 Å². The van der Waals surface area contributed by atoms with E-state index in [1.807, 2.05) is 38.7 Å². The van der Waals surface area contributed by atoms with Gasteiger partial charge in [-0.05, 0) is 45.9 Å². The molecule has 146 valence electrons. The lowest BCUT2D eigenvalue weighted by molar-refractivity contribution is -0.121. The lowest BCUT2D eigenvalue weighted by Gasteiger charge is -2.37. The fourth-order valence-electron chi connectivity index (χ4n) is 2.71. The predicted octanol–water partition coefficient (Wildman–Crippen LogP) is 3.09. The maximum atomic E-state index is 12.5. The third-order valence-corrected chi connectivity index (χ3v) is 4.56. The van der Waals surface area contributed by atoms with Gasteiger partial charge in [0.05, 0.1) is 16.6 Å². The smallest absolute Gasteiger partial charge is 0.410 e. The third-order valence-electron chi connectivity index (χ3n) is 4.25. The highest BCUT2D eigenvalue weighted by molar-refractivity contribution is 6.32. The molecule has 1 aliphatic rings. The van der Waals surface area contributed by atoms with Crippen molar-refractivity contribution in [2.24, 2.45) is 0 Å². The molecule has 1 heterocycles. The Bertz CT molecular complexity index is 746. The van der Waals surface area contributed by atoms with E-state index >= 15 is 0 Å². The Balaban J connectivity index is 1.89. The molecule has 1 aromatic rings. The number of benzene rings is 1. The average Bonchev–Trinajstić information content (AvgIpc) is 2.60. The van der Waals surface area contributed by atoms with Gasteiger partial charge in [0.15, 0.2) is 0 Å². The van der Waals surface area contributed by atoms with Gasteiger partial charge in [-0.25, -0.2) is 4.79 Å². The second-order valence-corrected chi connectivity index (χ2v) is 7.88. The Labute approximate surface area is 164 Å². The molecule has 0 aromatic heterocycles. The number of carbonyl (C=O) groups excluding carboxylic acids is 2. The highest BCUT2D eigenvalue weighted by Gasteiger charge is 2.29. The van der Waals surface area contributed by atoms with Crippen LogP contribution < -0.4 is 5.32 Å². The standard InChI is InChI=1S/C19H25ClN4O3/c1-13(17(25)22-15-6-5-14(12-21)16(20)11-15)23-7-9-24(10-8-23)18(26)27-19(2,3)4/h5-6,11,13H,7-10H2,1-4H3,(H,22,25). The van der Waals surface area contributed by atoms with E-state index in [9.17, 15) is 9.59 Å². The number of carbonyl (C=O) groups is 2. The van der Waals surface area contributed by atoms with E-state index in [1.54, 1.807) is 23.1 Å². The molecule has 2 amide bonds. The molecule has 8 heteroatoms. The monoisotopic (exact) mass is 392 g/mol. The summed E-state index contributed by atoms with van der Waals surface area (Å²) in [6, 6.07) is 6.40. The van der Waals surface area contributed by atoms with Gasteiger partial charge in [-0.3, -0.25) is 9.69 Å². The summed E-state index contributed by atoms with van der Waals surface area (Å²) in [5.74, 6) is -0.165. The highest BCUT2D eigenvalue weighted by Crippen LogP contribution is 2.21. The van der Waals surface area contributed by atoms with Crippen LogP contribution in [0.15, 0.2) is 18.2 Å². The molecule has 2 rings (SSSR count). The molecule has 0 radical (unpaired) electrons. The predicted molar refractivity (Wildman–Crippen MR) is 104 cm³/mol. The van der Waals surface area contributed by atoms with Gasteiger partial charge in [-0.1, -0.05) is 11.6 Å². The van der Waals surface area contributed by atoms with Crippen molar-refractivity contribution in [2.45, 2.75) is 39.3 Å². The van der Waals surface area contributed by atoms with Crippen LogP contribution in [0.25, 0.3) is 0 Å². The molecular weight excluding hydrogens is 368 g/mol. The second-order valence-electron chi connectivity index (χ2n) is 7.48. The van der Waals surface area contributed by atoms with Crippen molar-refractivity contribution in [3.63, 3.8) is 0 Å². The van der Waals surface area contributed by atoms with Gasteiger partial charge >= 0.3 is 6.09 Å². The molecule has 1 aliphatic heterocycles. The molecule has 0 saturated carbocycles. The van der Waals surface area contributed by atoms with Crippen LogP contribution in [0.4, 0.5) is 10.5 Å². The molecule has 0 aliphatic carbocycles. The van der Waals surface area contributed by atoms with Crippen molar-refractivity contribution < 1.29 is 14.3 Å². The van der Waals surface area contributed by atoms with Crippen LogP contribution in [0.3, 0.4) is 0 Å². The minimum absolute atomic E-state index is 0.165. The number of nitrogens with zero attached hydrogens (tertiary/aromatic N) is 3. The van der Waals surface area contributed by atoms with Crippen LogP contribution in [-0.4, -0.2) is 59.6 Å². The first-order valence-corrected chi connectivity index (χ1v) is 9.21. The van der Waals surface area contributed by atoms with E-state index in [0.717, 1.165) is 0 Å². The minimum atomic E-state index is -0.524. The first-order valence-electron chi connectivity index (χ1n) is 8.83. The van der Waals surface area contributed by atoms with Crippen LogP contribution in [-0.2, 0) is 9.53 Å².